The zero-order chi connectivity index (χ0) is 14.2. The second-order valence-corrected chi connectivity index (χ2v) is 5.11. The van der Waals surface area contributed by atoms with Gasteiger partial charge in [0, 0.05) is 19.5 Å². The summed E-state index contributed by atoms with van der Waals surface area (Å²) in [5.41, 5.74) is 2.21. The Hall–Kier alpha value is -1.55. The summed E-state index contributed by atoms with van der Waals surface area (Å²) < 4.78 is 5.39. The first-order valence-electron chi connectivity index (χ1n) is 7.48. The molecule has 1 N–H and O–H groups in total. The summed E-state index contributed by atoms with van der Waals surface area (Å²) in [6, 6.07) is 8.18. The fourth-order valence-electron chi connectivity index (χ4n) is 2.36. The van der Waals surface area contributed by atoms with Gasteiger partial charge >= 0.3 is 0 Å². The summed E-state index contributed by atoms with van der Waals surface area (Å²) in [7, 11) is 0. The number of anilines is 2. The highest BCUT2D eigenvalue weighted by atomic mass is 16.5. The van der Waals surface area contributed by atoms with Gasteiger partial charge in [0.05, 0.1) is 31.1 Å². The van der Waals surface area contributed by atoms with Crippen LogP contribution in [0.1, 0.15) is 26.2 Å². The Morgan fingerprint density at radius 1 is 1.30 bits per heavy atom. The molecule has 0 spiro atoms. The number of hydrogen-bond donors (Lipinski definition) is 1. The number of Topliss-reactive ketones (excluding diaryl/α,β-unsaturated/α-hetero) is 1. The molecule has 1 aliphatic heterocycles. The van der Waals surface area contributed by atoms with E-state index in [1.165, 1.54) is 5.69 Å². The topological polar surface area (TPSA) is 41.6 Å². The van der Waals surface area contributed by atoms with Crippen LogP contribution in [0.3, 0.4) is 0 Å². The molecule has 1 aliphatic rings. The third-order valence-electron chi connectivity index (χ3n) is 3.54. The highest BCUT2D eigenvalue weighted by Gasteiger charge is 2.14. The molecule has 0 bridgehead atoms. The van der Waals surface area contributed by atoms with Crippen LogP contribution < -0.4 is 10.2 Å². The maximum atomic E-state index is 11.8. The van der Waals surface area contributed by atoms with Crippen LogP contribution in [0.4, 0.5) is 11.4 Å². The molecule has 2 rings (SSSR count). The lowest BCUT2D eigenvalue weighted by molar-refractivity contribution is -0.117. The number of morpholine rings is 1. The number of ketones is 1. The van der Waals surface area contributed by atoms with E-state index in [0.29, 0.717) is 13.0 Å². The predicted octanol–water partition coefficient (Wildman–Crippen LogP) is 2.69. The summed E-state index contributed by atoms with van der Waals surface area (Å²) in [6.07, 6.45) is 2.71. The third kappa shape index (κ3) is 4.23. The molecule has 1 aromatic rings. The quantitative estimate of drug-likeness (QED) is 0.831. The van der Waals surface area contributed by atoms with Gasteiger partial charge in [0.2, 0.25) is 0 Å². The number of unbranched alkanes of at least 4 members (excludes halogenated alkanes) is 1. The normalized spacial score (nSPS) is 15.2. The first-order valence-corrected chi connectivity index (χ1v) is 7.48. The lowest BCUT2D eigenvalue weighted by Gasteiger charge is -2.30. The van der Waals surface area contributed by atoms with Crippen LogP contribution in [-0.2, 0) is 9.53 Å². The molecule has 1 fully saturated rings. The number of nitrogens with one attached hydrogen (secondary N) is 1. The fraction of sp³-hybridized carbons (Fsp3) is 0.562. The van der Waals surface area contributed by atoms with Crippen molar-refractivity contribution in [1.82, 2.24) is 0 Å². The van der Waals surface area contributed by atoms with E-state index in [9.17, 15) is 4.79 Å². The molecule has 0 atom stereocenters. The van der Waals surface area contributed by atoms with Crippen molar-refractivity contribution in [3.05, 3.63) is 24.3 Å². The zero-order valence-corrected chi connectivity index (χ0v) is 12.2. The SMILES string of the molecule is CCCCC(=O)CNc1ccccc1N1CCOCC1. The van der Waals surface area contributed by atoms with Crippen molar-refractivity contribution in [2.75, 3.05) is 43.1 Å². The number of ether oxygens (including phenoxy) is 1. The summed E-state index contributed by atoms with van der Waals surface area (Å²) in [5, 5.41) is 3.29. The maximum absolute atomic E-state index is 11.8. The van der Waals surface area contributed by atoms with E-state index < -0.39 is 0 Å². The van der Waals surface area contributed by atoms with Crippen LogP contribution in [0, 0.1) is 0 Å². The van der Waals surface area contributed by atoms with Gasteiger partial charge in [-0.05, 0) is 18.6 Å². The molecule has 0 aromatic heterocycles. The lowest BCUT2D eigenvalue weighted by atomic mass is 10.2. The van der Waals surface area contributed by atoms with Gasteiger partial charge in [-0.15, -0.1) is 0 Å². The molecule has 20 heavy (non-hydrogen) atoms. The molecule has 1 heterocycles. The molecule has 0 unspecified atom stereocenters. The number of rotatable bonds is 7. The van der Waals surface area contributed by atoms with Crippen molar-refractivity contribution in [3.8, 4) is 0 Å². The molecular weight excluding hydrogens is 252 g/mol. The van der Waals surface area contributed by atoms with Crippen molar-refractivity contribution in [2.45, 2.75) is 26.2 Å². The minimum absolute atomic E-state index is 0.281. The molecule has 110 valence electrons. The largest absolute Gasteiger partial charge is 0.378 e. The van der Waals surface area contributed by atoms with Gasteiger partial charge < -0.3 is 15.0 Å². The van der Waals surface area contributed by atoms with Crippen LogP contribution in [0.25, 0.3) is 0 Å². The van der Waals surface area contributed by atoms with Crippen LogP contribution in [0.5, 0.6) is 0 Å². The highest BCUT2D eigenvalue weighted by Crippen LogP contribution is 2.26. The van der Waals surface area contributed by atoms with Crippen molar-refractivity contribution < 1.29 is 9.53 Å². The van der Waals surface area contributed by atoms with Gasteiger partial charge in [0.15, 0.2) is 5.78 Å². The van der Waals surface area contributed by atoms with Crippen LogP contribution in [0.15, 0.2) is 24.3 Å². The molecule has 1 saturated heterocycles. The molecule has 4 heteroatoms. The Balaban J connectivity index is 1.95. The number of nitrogens with zero attached hydrogens (tertiary/aromatic N) is 1. The maximum Gasteiger partial charge on any atom is 0.151 e. The lowest BCUT2D eigenvalue weighted by Crippen LogP contribution is -2.36. The first kappa shape index (κ1) is 14.9. The van der Waals surface area contributed by atoms with E-state index in [0.717, 1.165) is 44.8 Å². The average Bonchev–Trinajstić information content (AvgIpc) is 2.52. The average molecular weight is 276 g/mol. The standard InChI is InChI=1S/C16H24N2O2/c1-2-3-6-14(19)13-17-15-7-4-5-8-16(15)18-9-11-20-12-10-18/h4-5,7-8,17H,2-3,6,9-13H2,1H3. The second-order valence-electron chi connectivity index (χ2n) is 5.11. The van der Waals surface area contributed by atoms with E-state index in [-0.39, 0.29) is 5.78 Å². The van der Waals surface area contributed by atoms with Crippen molar-refractivity contribution in [1.29, 1.82) is 0 Å². The molecule has 0 saturated carbocycles. The molecule has 4 nitrogen and oxygen atoms in total. The van der Waals surface area contributed by atoms with Gasteiger partial charge in [-0.25, -0.2) is 0 Å². The molecule has 0 radical (unpaired) electrons. The van der Waals surface area contributed by atoms with Gasteiger partial charge in [-0.1, -0.05) is 25.5 Å². The second kappa shape index (κ2) is 7.90. The van der Waals surface area contributed by atoms with Crippen LogP contribution in [-0.4, -0.2) is 38.6 Å². The summed E-state index contributed by atoms with van der Waals surface area (Å²) in [5.74, 6) is 0.281. The number of hydrogen-bond acceptors (Lipinski definition) is 4. The van der Waals surface area contributed by atoms with Crippen molar-refractivity contribution >= 4 is 17.2 Å². The Morgan fingerprint density at radius 3 is 2.80 bits per heavy atom. The number of para-hydroxylation sites is 2. The van der Waals surface area contributed by atoms with E-state index in [1.807, 2.05) is 18.2 Å². The van der Waals surface area contributed by atoms with E-state index in [4.69, 9.17) is 4.74 Å². The summed E-state index contributed by atoms with van der Waals surface area (Å²) in [6.45, 7) is 5.87. The highest BCUT2D eigenvalue weighted by molar-refractivity contribution is 5.84. The fourth-order valence-corrected chi connectivity index (χ4v) is 2.36. The number of carbonyl (C=O) groups is 1. The molecule has 0 amide bonds. The number of carbonyl (C=O) groups excluding carboxylic acids is 1. The van der Waals surface area contributed by atoms with E-state index >= 15 is 0 Å². The molecule has 0 aliphatic carbocycles. The van der Waals surface area contributed by atoms with Gasteiger partial charge in [0.1, 0.15) is 0 Å². The van der Waals surface area contributed by atoms with Gasteiger partial charge in [-0.2, -0.15) is 0 Å². The van der Waals surface area contributed by atoms with Crippen LogP contribution in [0.2, 0.25) is 0 Å². The minimum Gasteiger partial charge on any atom is -0.378 e. The molecular formula is C16H24N2O2. The number of benzene rings is 1. The van der Waals surface area contributed by atoms with Gasteiger partial charge in [-0.3, -0.25) is 4.79 Å². The smallest absolute Gasteiger partial charge is 0.151 e. The monoisotopic (exact) mass is 276 g/mol. The third-order valence-corrected chi connectivity index (χ3v) is 3.54. The van der Waals surface area contributed by atoms with Crippen LogP contribution >= 0.6 is 0 Å². The summed E-state index contributed by atoms with van der Waals surface area (Å²) >= 11 is 0. The zero-order valence-electron chi connectivity index (χ0n) is 12.2. The Bertz CT molecular complexity index is 428. The minimum atomic E-state index is 0.281. The van der Waals surface area contributed by atoms with E-state index in [2.05, 4.69) is 23.2 Å². The predicted molar refractivity (Wildman–Crippen MR) is 82.5 cm³/mol. The molecule has 1 aromatic carbocycles. The summed E-state index contributed by atoms with van der Waals surface area (Å²) in [4.78, 5) is 14.1. The Kier molecular flexibility index (Phi) is 5.87. The van der Waals surface area contributed by atoms with E-state index in [1.54, 1.807) is 0 Å². The van der Waals surface area contributed by atoms with Crippen molar-refractivity contribution in [2.24, 2.45) is 0 Å². The van der Waals surface area contributed by atoms with Crippen molar-refractivity contribution in [3.63, 3.8) is 0 Å². The Labute approximate surface area is 121 Å². The van der Waals surface area contributed by atoms with Gasteiger partial charge in [0.25, 0.3) is 0 Å². The first-order chi connectivity index (χ1) is 9.81. The Morgan fingerprint density at radius 2 is 2.05 bits per heavy atom.